The molecule has 0 spiro atoms. The topological polar surface area (TPSA) is 59.3 Å². The number of Topliss-reactive ketones (excluding diaryl/α,β-unsaturated/α-hetero) is 1. The Morgan fingerprint density at radius 3 is 2.50 bits per heavy atom. The molecule has 2 aromatic rings. The van der Waals surface area contributed by atoms with Crippen molar-refractivity contribution in [2.24, 2.45) is 0 Å². The smallest absolute Gasteiger partial charge is 0.220 e. The van der Waals surface area contributed by atoms with E-state index in [4.69, 9.17) is 4.42 Å². The van der Waals surface area contributed by atoms with Crippen LogP contribution < -0.4 is 5.32 Å². The Kier molecular flexibility index (Phi) is 4.65. The fraction of sp³-hybridized carbons (Fsp3) is 0.200. The minimum absolute atomic E-state index is 0.0929. The molecular formula is C15H14FNO3. The molecule has 1 N–H and O–H groups in total. The lowest BCUT2D eigenvalue weighted by molar-refractivity contribution is -0.121. The molecule has 0 aliphatic carbocycles. The molecule has 5 heteroatoms. The molecule has 0 atom stereocenters. The van der Waals surface area contributed by atoms with Crippen LogP contribution in [0.3, 0.4) is 0 Å². The predicted molar refractivity (Wildman–Crippen MR) is 70.5 cm³/mol. The van der Waals surface area contributed by atoms with Crippen LogP contribution in [0.1, 0.15) is 29.0 Å². The molecule has 1 aromatic carbocycles. The second kappa shape index (κ2) is 6.65. The third kappa shape index (κ3) is 4.05. The van der Waals surface area contributed by atoms with Gasteiger partial charge in [-0.05, 0) is 36.4 Å². The van der Waals surface area contributed by atoms with Crippen LogP contribution in [0.15, 0.2) is 47.1 Å². The third-order valence-corrected chi connectivity index (χ3v) is 2.79. The molecule has 4 nitrogen and oxygen atoms in total. The lowest BCUT2D eigenvalue weighted by Crippen LogP contribution is -2.23. The molecule has 1 aromatic heterocycles. The summed E-state index contributed by atoms with van der Waals surface area (Å²) < 4.78 is 17.8. The van der Waals surface area contributed by atoms with Crippen molar-refractivity contribution in [3.05, 3.63) is 59.8 Å². The van der Waals surface area contributed by atoms with Crippen LogP contribution in [0.4, 0.5) is 4.39 Å². The molecule has 1 amide bonds. The standard InChI is InChI=1S/C15H14FNO3/c16-12-5-3-11(4-6-12)14(18)7-8-15(19)17-10-13-2-1-9-20-13/h1-6,9H,7-8,10H2,(H,17,19). The molecule has 2 rings (SSSR count). The van der Waals surface area contributed by atoms with Crippen molar-refractivity contribution in [3.8, 4) is 0 Å². The number of amides is 1. The van der Waals surface area contributed by atoms with E-state index in [2.05, 4.69) is 5.32 Å². The Bertz CT molecular complexity index is 576. The molecule has 0 aliphatic rings. The third-order valence-electron chi connectivity index (χ3n) is 2.79. The summed E-state index contributed by atoms with van der Waals surface area (Å²) in [5.74, 6) is -0.143. The van der Waals surface area contributed by atoms with Gasteiger partial charge in [0.25, 0.3) is 0 Å². The first-order valence-corrected chi connectivity index (χ1v) is 6.23. The summed E-state index contributed by atoms with van der Waals surface area (Å²) in [6, 6.07) is 8.77. The van der Waals surface area contributed by atoms with Gasteiger partial charge in [0, 0.05) is 18.4 Å². The Morgan fingerprint density at radius 2 is 1.85 bits per heavy atom. The molecule has 20 heavy (non-hydrogen) atoms. The Morgan fingerprint density at radius 1 is 1.10 bits per heavy atom. The van der Waals surface area contributed by atoms with Crippen LogP contribution in [0.5, 0.6) is 0 Å². The summed E-state index contributed by atoms with van der Waals surface area (Å²) >= 11 is 0. The van der Waals surface area contributed by atoms with Gasteiger partial charge in [-0.25, -0.2) is 4.39 Å². The fourth-order valence-corrected chi connectivity index (χ4v) is 1.69. The normalized spacial score (nSPS) is 10.2. The zero-order valence-corrected chi connectivity index (χ0v) is 10.8. The zero-order valence-electron chi connectivity index (χ0n) is 10.8. The van der Waals surface area contributed by atoms with Crippen LogP contribution >= 0.6 is 0 Å². The number of carbonyl (C=O) groups excluding carboxylic acids is 2. The molecule has 0 unspecified atom stereocenters. The van der Waals surface area contributed by atoms with Crippen molar-refractivity contribution in [3.63, 3.8) is 0 Å². The quantitative estimate of drug-likeness (QED) is 0.824. The average molecular weight is 275 g/mol. The number of rotatable bonds is 6. The van der Waals surface area contributed by atoms with E-state index in [1.165, 1.54) is 30.5 Å². The zero-order chi connectivity index (χ0) is 14.4. The molecule has 0 aliphatic heterocycles. The molecule has 0 radical (unpaired) electrons. The number of halogens is 1. The van der Waals surface area contributed by atoms with Gasteiger partial charge < -0.3 is 9.73 Å². The molecule has 0 saturated carbocycles. The van der Waals surface area contributed by atoms with Crippen molar-refractivity contribution in [1.82, 2.24) is 5.32 Å². The Hall–Kier alpha value is -2.43. The van der Waals surface area contributed by atoms with Crippen LogP contribution in [0.2, 0.25) is 0 Å². The van der Waals surface area contributed by atoms with E-state index in [-0.39, 0.29) is 24.5 Å². The maximum Gasteiger partial charge on any atom is 0.220 e. The highest BCUT2D eigenvalue weighted by Gasteiger charge is 2.09. The SMILES string of the molecule is O=C(CCC(=O)c1ccc(F)cc1)NCc1ccco1. The molecule has 0 saturated heterocycles. The van der Waals surface area contributed by atoms with Gasteiger partial charge in [-0.1, -0.05) is 0 Å². The second-order valence-electron chi connectivity index (χ2n) is 4.29. The van der Waals surface area contributed by atoms with Gasteiger partial charge in [0.05, 0.1) is 12.8 Å². The number of hydrogen-bond acceptors (Lipinski definition) is 3. The summed E-state index contributed by atoms with van der Waals surface area (Å²) in [5.41, 5.74) is 0.408. The number of nitrogens with one attached hydrogen (secondary N) is 1. The van der Waals surface area contributed by atoms with E-state index in [0.717, 1.165) is 0 Å². The van der Waals surface area contributed by atoms with Gasteiger partial charge in [0.1, 0.15) is 11.6 Å². The van der Waals surface area contributed by atoms with E-state index in [0.29, 0.717) is 17.9 Å². The van der Waals surface area contributed by atoms with Crippen LogP contribution in [-0.2, 0) is 11.3 Å². The number of ketones is 1. The monoisotopic (exact) mass is 275 g/mol. The van der Waals surface area contributed by atoms with Gasteiger partial charge >= 0.3 is 0 Å². The minimum Gasteiger partial charge on any atom is -0.467 e. The number of furan rings is 1. The van der Waals surface area contributed by atoms with Crippen molar-refractivity contribution >= 4 is 11.7 Å². The van der Waals surface area contributed by atoms with Crippen LogP contribution in [0, 0.1) is 5.82 Å². The first-order chi connectivity index (χ1) is 9.65. The minimum atomic E-state index is -0.391. The van der Waals surface area contributed by atoms with Crippen molar-refractivity contribution in [2.75, 3.05) is 0 Å². The fourth-order valence-electron chi connectivity index (χ4n) is 1.69. The Labute approximate surface area is 115 Å². The highest BCUT2D eigenvalue weighted by atomic mass is 19.1. The average Bonchev–Trinajstić information content (AvgIpc) is 2.96. The number of hydrogen-bond donors (Lipinski definition) is 1. The highest BCUT2D eigenvalue weighted by Crippen LogP contribution is 2.07. The van der Waals surface area contributed by atoms with Gasteiger partial charge in [-0.15, -0.1) is 0 Å². The number of benzene rings is 1. The maximum absolute atomic E-state index is 12.7. The molecule has 0 fully saturated rings. The van der Waals surface area contributed by atoms with E-state index in [1.54, 1.807) is 12.1 Å². The predicted octanol–water partition coefficient (Wildman–Crippen LogP) is 2.70. The summed E-state index contributed by atoms with van der Waals surface area (Å²) in [6.07, 6.45) is 1.71. The van der Waals surface area contributed by atoms with Gasteiger partial charge in [-0.2, -0.15) is 0 Å². The van der Waals surface area contributed by atoms with Gasteiger partial charge in [0.2, 0.25) is 5.91 Å². The summed E-state index contributed by atoms with van der Waals surface area (Å²) in [5, 5.41) is 2.66. The highest BCUT2D eigenvalue weighted by molar-refractivity contribution is 5.97. The van der Waals surface area contributed by atoms with E-state index in [1.807, 2.05) is 0 Å². The summed E-state index contributed by atoms with van der Waals surface area (Å²) in [7, 11) is 0. The largest absolute Gasteiger partial charge is 0.467 e. The van der Waals surface area contributed by atoms with Gasteiger partial charge in [0.15, 0.2) is 5.78 Å². The van der Waals surface area contributed by atoms with Crippen molar-refractivity contribution in [2.45, 2.75) is 19.4 Å². The Balaban J connectivity index is 1.75. The second-order valence-corrected chi connectivity index (χ2v) is 4.29. The summed E-state index contributed by atoms with van der Waals surface area (Å²) in [6.45, 7) is 0.302. The van der Waals surface area contributed by atoms with E-state index < -0.39 is 5.82 Å². The first kappa shape index (κ1) is 14.0. The van der Waals surface area contributed by atoms with Crippen molar-refractivity contribution in [1.29, 1.82) is 0 Å². The van der Waals surface area contributed by atoms with Crippen molar-refractivity contribution < 1.29 is 18.4 Å². The van der Waals surface area contributed by atoms with Crippen LogP contribution in [-0.4, -0.2) is 11.7 Å². The lowest BCUT2D eigenvalue weighted by Gasteiger charge is -2.03. The first-order valence-electron chi connectivity index (χ1n) is 6.23. The van der Waals surface area contributed by atoms with Gasteiger partial charge in [-0.3, -0.25) is 9.59 Å². The molecule has 0 bridgehead atoms. The van der Waals surface area contributed by atoms with E-state index >= 15 is 0 Å². The maximum atomic E-state index is 12.7. The number of carbonyl (C=O) groups is 2. The van der Waals surface area contributed by atoms with Crippen LogP contribution in [0.25, 0.3) is 0 Å². The molecule has 1 heterocycles. The van der Waals surface area contributed by atoms with E-state index in [9.17, 15) is 14.0 Å². The molecular weight excluding hydrogens is 261 g/mol. The summed E-state index contributed by atoms with van der Waals surface area (Å²) in [4.78, 5) is 23.3. The molecule has 104 valence electrons. The lowest BCUT2D eigenvalue weighted by atomic mass is 10.1.